The molecule has 0 bridgehead atoms. The van der Waals surface area contributed by atoms with Gasteiger partial charge in [-0.3, -0.25) is 9.59 Å². The highest BCUT2D eigenvalue weighted by Gasteiger charge is 2.16. The van der Waals surface area contributed by atoms with Crippen LogP contribution in [0.2, 0.25) is 0 Å². The van der Waals surface area contributed by atoms with E-state index in [0.29, 0.717) is 28.5 Å². The number of rotatable bonds is 8. The number of thioether (sulfide) groups is 1. The number of hydrogen-bond donors (Lipinski definition) is 1. The van der Waals surface area contributed by atoms with Gasteiger partial charge in [0, 0.05) is 16.1 Å². The Morgan fingerprint density at radius 3 is 2.63 bits per heavy atom. The van der Waals surface area contributed by atoms with E-state index in [1.807, 2.05) is 36.4 Å². The van der Waals surface area contributed by atoms with E-state index in [0.717, 1.165) is 4.90 Å². The molecular formula is C23H19NO5S. The molecule has 7 heteroatoms. The predicted molar refractivity (Wildman–Crippen MR) is 115 cm³/mol. The van der Waals surface area contributed by atoms with E-state index in [2.05, 4.69) is 5.32 Å². The molecule has 152 valence electrons. The highest BCUT2D eigenvalue weighted by molar-refractivity contribution is 8.00. The molecule has 1 aliphatic heterocycles. The Morgan fingerprint density at radius 1 is 0.933 bits per heavy atom. The summed E-state index contributed by atoms with van der Waals surface area (Å²) in [6, 6.07) is 21.7. The zero-order valence-corrected chi connectivity index (χ0v) is 16.8. The molecule has 1 amide bonds. The molecule has 0 saturated carbocycles. The number of nitrogens with one attached hydrogen (secondary N) is 1. The van der Waals surface area contributed by atoms with E-state index >= 15 is 0 Å². The van der Waals surface area contributed by atoms with Gasteiger partial charge in [0.2, 0.25) is 6.79 Å². The SMILES string of the molecule is O=C(COc1ccccc1)Nc1cccc(SCC(=O)c2ccc3c(c2)OCO3)c1. The molecule has 0 radical (unpaired) electrons. The minimum atomic E-state index is -0.252. The number of carbonyl (C=O) groups excluding carboxylic acids is 2. The zero-order chi connectivity index (χ0) is 20.8. The molecule has 0 aliphatic carbocycles. The van der Waals surface area contributed by atoms with Crippen molar-refractivity contribution in [1.82, 2.24) is 0 Å². The van der Waals surface area contributed by atoms with Gasteiger partial charge in [0.15, 0.2) is 23.9 Å². The quantitative estimate of drug-likeness (QED) is 0.429. The van der Waals surface area contributed by atoms with E-state index < -0.39 is 0 Å². The molecule has 1 N–H and O–H groups in total. The number of benzene rings is 3. The average molecular weight is 421 g/mol. The number of hydrogen-bond acceptors (Lipinski definition) is 6. The molecule has 0 aromatic heterocycles. The van der Waals surface area contributed by atoms with Crippen LogP contribution in [-0.4, -0.2) is 30.8 Å². The van der Waals surface area contributed by atoms with Crippen LogP contribution in [0.5, 0.6) is 17.2 Å². The molecule has 1 aliphatic rings. The van der Waals surface area contributed by atoms with Crippen molar-refractivity contribution in [2.75, 3.05) is 24.5 Å². The van der Waals surface area contributed by atoms with Gasteiger partial charge in [-0.2, -0.15) is 0 Å². The van der Waals surface area contributed by atoms with E-state index in [4.69, 9.17) is 14.2 Å². The lowest BCUT2D eigenvalue weighted by Gasteiger charge is -2.09. The first kappa shape index (κ1) is 19.8. The summed E-state index contributed by atoms with van der Waals surface area (Å²) in [5.41, 5.74) is 1.23. The van der Waals surface area contributed by atoms with E-state index in [-0.39, 0.29) is 30.8 Å². The Labute approximate surface area is 178 Å². The van der Waals surface area contributed by atoms with Crippen LogP contribution in [0.4, 0.5) is 5.69 Å². The molecule has 0 fully saturated rings. The van der Waals surface area contributed by atoms with Gasteiger partial charge in [-0.1, -0.05) is 24.3 Å². The van der Waals surface area contributed by atoms with E-state index in [9.17, 15) is 9.59 Å². The van der Waals surface area contributed by atoms with Gasteiger partial charge in [-0.15, -0.1) is 11.8 Å². The monoisotopic (exact) mass is 421 g/mol. The third-order valence-corrected chi connectivity index (χ3v) is 5.29. The fourth-order valence-electron chi connectivity index (χ4n) is 2.83. The van der Waals surface area contributed by atoms with Crippen molar-refractivity contribution >= 4 is 29.1 Å². The zero-order valence-electron chi connectivity index (χ0n) is 16.0. The number of fused-ring (bicyclic) bond motifs is 1. The van der Waals surface area contributed by atoms with Gasteiger partial charge in [0.25, 0.3) is 5.91 Å². The molecule has 1 heterocycles. The largest absolute Gasteiger partial charge is 0.484 e. The van der Waals surface area contributed by atoms with E-state index in [1.165, 1.54) is 11.8 Å². The van der Waals surface area contributed by atoms with Gasteiger partial charge in [-0.05, 0) is 48.5 Å². The van der Waals surface area contributed by atoms with Gasteiger partial charge < -0.3 is 19.5 Å². The molecule has 3 aromatic rings. The number of Topliss-reactive ketones (excluding diaryl/α,β-unsaturated/α-hetero) is 1. The van der Waals surface area contributed by atoms with Crippen molar-refractivity contribution in [3.05, 3.63) is 78.4 Å². The van der Waals surface area contributed by atoms with Crippen LogP contribution in [0.25, 0.3) is 0 Å². The summed E-state index contributed by atoms with van der Waals surface area (Å²) in [6.07, 6.45) is 0. The molecule has 4 rings (SSSR count). The molecule has 0 unspecified atom stereocenters. The number of ketones is 1. The summed E-state index contributed by atoms with van der Waals surface area (Å²) in [7, 11) is 0. The lowest BCUT2D eigenvalue weighted by atomic mass is 10.1. The molecule has 3 aromatic carbocycles. The van der Waals surface area contributed by atoms with Gasteiger partial charge in [-0.25, -0.2) is 0 Å². The van der Waals surface area contributed by atoms with Gasteiger partial charge in [0.1, 0.15) is 5.75 Å². The Morgan fingerprint density at radius 2 is 1.77 bits per heavy atom. The topological polar surface area (TPSA) is 73.9 Å². The molecule has 30 heavy (non-hydrogen) atoms. The lowest BCUT2D eigenvalue weighted by Crippen LogP contribution is -2.20. The third-order valence-electron chi connectivity index (χ3n) is 4.30. The second-order valence-electron chi connectivity index (χ2n) is 6.46. The van der Waals surface area contributed by atoms with Crippen molar-refractivity contribution in [3.8, 4) is 17.2 Å². The number of carbonyl (C=O) groups is 2. The Kier molecular flexibility index (Phi) is 6.20. The first-order chi connectivity index (χ1) is 14.7. The first-order valence-corrected chi connectivity index (χ1v) is 10.3. The van der Waals surface area contributed by atoms with Gasteiger partial charge in [0.05, 0.1) is 5.75 Å². The number of para-hydroxylation sites is 1. The fourth-order valence-corrected chi connectivity index (χ4v) is 3.68. The third kappa shape index (κ3) is 5.12. The lowest BCUT2D eigenvalue weighted by molar-refractivity contribution is -0.118. The summed E-state index contributed by atoms with van der Waals surface area (Å²) in [5, 5.41) is 2.81. The maximum Gasteiger partial charge on any atom is 0.262 e. The minimum Gasteiger partial charge on any atom is -0.484 e. The van der Waals surface area contributed by atoms with Crippen molar-refractivity contribution in [2.24, 2.45) is 0 Å². The second-order valence-corrected chi connectivity index (χ2v) is 7.51. The van der Waals surface area contributed by atoms with E-state index in [1.54, 1.807) is 36.4 Å². The predicted octanol–water partition coefficient (Wildman–Crippen LogP) is 4.41. The minimum absolute atomic E-state index is 0.0102. The number of anilines is 1. The number of amides is 1. The highest BCUT2D eigenvalue weighted by atomic mass is 32.2. The summed E-state index contributed by atoms with van der Waals surface area (Å²) >= 11 is 1.40. The molecular weight excluding hydrogens is 402 g/mol. The number of ether oxygens (including phenoxy) is 3. The van der Waals surface area contributed by atoms with Crippen LogP contribution < -0.4 is 19.5 Å². The maximum absolute atomic E-state index is 12.5. The van der Waals surface area contributed by atoms with Gasteiger partial charge >= 0.3 is 0 Å². The van der Waals surface area contributed by atoms with Crippen molar-refractivity contribution in [2.45, 2.75) is 4.90 Å². The van der Waals surface area contributed by atoms with Crippen LogP contribution in [0.15, 0.2) is 77.7 Å². The molecule has 0 saturated heterocycles. The summed E-state index contributed by atoms with van der Waals surface area (Å²) < 4.78 is 16.0. The highest BCUT2D eigenvalue weighted by Crippen LogP contribution is 2.33. The fraction of sp³-hybridized carbons (Fsp3) is 0.130. The smallest absolute Gasteiger partial charge is 0.262 e. The van der Waals surface area contributed by atoms with Crippen molar-refractivity contribution < 1.29 is 23.8 Å². The summed E-state index contributed by atoms with van der Waals surface area (Å²) in [5.74, 6) is 1.89. The Balaban J connectivity index is 1.29. The van der Waals surface area contributed by atoms with Crippen molar-refractivity contribution in [3.63, 3.8) is 0 Å². The van der Waals surface area contributed by atoms with Crippen LogP contribution in [0.3, 0.4) is 0 Å². The molecule has 0 spiro atoms. The first-order valence-electron chi connectivity index (χ1n) is 9.31. The van der Waals surface area contributed by atoms with Crippen LogP contribution in [0, 0.1) is 0 Å². The maximum atomic E-state index is 12.5. The molecule has 6 nitrogen and oxygen atoms in total. The van der Waals surface area contributed by atoms with Crippen molar-refractivity contribution in [1.29, 1.82) is 0 Å². The second kappa shape index (κ2) is 9.37. The summed E-state index contributed by atoms with van der Waals surface area (Å²) in [4.78, 5) is 25.5. The average Bonchev–Trinajstić information content (AvgIpc) is 3.25. The van der Waals surface area contributed by atoms with Crippen LogP contribution >= 0.6 is 11.8 Å². The van der Waals surface area contributed by atoms with Crippen LogP contribution in [-0.2, 0) is 4.79 Å². The summed E-state index contributed by atoms with van der Waals surface area (Å²) in [6.45, 7) is 0.0978. The Hall–Kier alpha value is -3.45. The molecule has 0 atom stereocenters. The Bertz CT molecular complexity index is 1050. The normalized spacial score (nSPS) is 11.7. The van der Waals surface area contributed by atoms with Crippen LogP contribution in [0.1, 0.15) is 10.4 Å². The standard InChI is InChI=1S/C23H19NO5S/c25-20(16-9-10-21-22(11-16)29-15-28-21)14-30-19-8-4-5-17(12-19)24-23(26)13-27-18-6-2-1-3-7-18/h1-12H,13-15H2,(H,24,26).